The predicted molar refractivity (Wildman–Crippen MR) is 70.4 cm³/mol. The van der Waals surface area contributed by atoms with E-state index in [1.165, 1.54) is 18.0 Å². The average molecular weight is 258 g/mol. The number of hydrogen-bond donors (Lipinski definition) is 0. The van der Waals surface area contributed by atoms with Crippen molar-refractivity contribution in [3.05, 3.63) is 48.3 Å². The van der Waals surface area contributed by atoms with Gasteiger partial charge in [-0.25, -0.2) is 14.4 Å². The van der Waals surface area contributed by atoms with Crippen LogP contribution >= 0.6 is 0 Å². The van der Waals surface area contributed by atoms with Crippen molar-refractivity contribution in [2.24, 2.45) is 0 Å². The van der Waals surface area contributed by atoms with E-state index in [1.54, 1.807) is 6.20 Å². The maximum Gasteiger partial charge on any atom is 0.225 e. The normalized spacial score (nSPS) is 19.4. The molecule has 1 aliphatic heterocycles. The molecule has 0 spiro atoms. The summed E-state index contributed by atoms with van der Waals surface area (Å²) >= 11 is 0. The molecule has 98 valence electrons. The number of piperidine rings is 1. The minimum atomic E-state index is -0.399. The molecule has 2 aromatic heterocycles. The molecule has 19 heavy (non-hydrogen) atoms. The quantitative estimate of drug-likeness (QED) is 0.829. The van der Waals surface area contributed by atoms with E-state index in [4.69, 9.17) is 0 Å². The first-order chi connectivity index (χ1) is 9.33. The number of aromatic nitrogens is 3. The van der Waals surface area contributed by atoms with Crippen molar-refractivity contribution < 1.29 is 4.39 Å². The second kappa shape index (κ2) is 5.30. The molecule has 1 fully saturated rings. The zero-order valence-electron chi connectivity index (χ0n) is 10.5. The summed E-state index contributed by atoms with van der Waals surface area (Å²) in [6.07, 6.45) is 8.36. The van der Waals surface area contributed by atoms with Crippen molar-refractivity contribution >= 4 is 5.95 Å². The van der Waals surface area contributed by atoms with Crippen LogP contribution in [0.4, 0.5) is 10.3 Å². The van der Waals surface area contributed by atoms with E-state index >= 15 is 0 Å². The smallest absolute Gasteiger partial charge is 0.225 e. The van der Waals surface area contributed by atoms with Gasteiger partial charge in [-0.05, 0) is 24.5 Å². The van der Waals surface area contributed by atoms with Crippen molar-refractivity contribution in [1.29, 1.82) is 0 Å². The summed E-state index contributed by atoms with van der Waals surface area (Å²) < 4.78 is 12.8. The Balaban J connectivity index is 1.76. The fourth-order valence-electron chi connectivity index (χ4n) is 2.52. The molecule has 0 radical (unpaired) electrons. The Kier molecular flexibility index (Phi) is 3.35. The van der Waals surface area contributed by atoms with Crippen LogP contribution in [0.15, 0.2) is 36.9 Å². The first-order valence-electron chi connectivity index (χ1n) is 6.45. The molecular weight excluding hydrogens is 243 g/mol. The zero-order valence-corrected chi connectivity index (χ0v) is 10.5. The first kappa shape index (κ1) is 12.0. The lowest BCUT2D eigenvalue weighted by atomic mass is 9.92. The summed E-state index contributed by atoms with van der Waals surface area (Å²) in [7, 11) is 0. The number of halogens is 1. The van der Waals surface area contributed by atoms with Gasteiger partial charge in [-0.2, -0.15) is 0 Å². The van der Waals surface area contributed by atoms with Gasteiger partial charge in [-0.3, -0.25) is 4.98 Å². The molecule has 0 bridgehead atoms. The monoisotopic (exact) mass is 258 g/mol. The van der Waals surface area contributed by atoms with E-state index in [0.29, 0.717) is 11.9 Å². The number of hydrogen-bond acceptors (Lipinski definition) is 4. The molecule has 1 aliphatic rings. The largest absolute Gasteiger partial charge is 0.340 e. The highest BCUT2D eigenvalue weighted by molar-refractivity contribution is 5.32. The lowest BCUT2D eigenvalue weighted by Crippen LogP contribution is -2.35. The van der Waals surface area contributed by atoms with Crippen LogP contribution in [0.2, 0.25) is 0 Å². The third-order valence-electron chi connectivity index (χ3n) is 3.47. The Morgan fingerprint density at radius 1 is 1.21 bits per heavy atom. The van der Waals surface area contributed by atoms with Crippen LogP contribution < -0.4 is 4.90 Å². The first-order valence-corrected chi connectivity index (χ1v) is 6.45. The van der Waals surface area contributed by atoms with Gasteiger partial charge in [-0.1, -0.05) is 6.07 Å². The summed E-state index contributed by atoms with van der Waals surface area (Å²) in [5.41, 5.74) is 1.24. The Labute approximate surface area is 111 Å². The predicted octanol–water partition coefficient (Wildman–Crippen LogP) is 2.39. The lowest BCUT2D eigenvalue weighted by Gasteiger charge is -2.32. The lowest BCUT2D eigenvalue weighted by molar-refractivity contribution is 0.501. The van der Waals surface area contributed by atoms with E-state index in [1.807, 2.05) is 12.3 Å². The van der Waals surface area contributed by atoms with E-state index in [0.717, 1.165) is 25.9 Å². The maximum atomic E-state index is 12.8. The van der Waals surface area contributed by atoms with Crippen molar-refractivity contribution in [2.75, 3.05) is 18.0 Å². The highest BCUT2D eigenvalue weighted by atomic mass is 19.1. The molecule has 5 heteroatoms. The van der Waals surface area contributed by atoms with Gasteiger partial charge < -0.3 is 4.90 Å². The van der Waals surface area contributed by atoms with Gasteiger partial charge in [0.05, 0.1) is 12.4 Å². The van der Waals surface area contributed by atoms with E-state index < -0.39 is 5.82 Å². The maximum absolute atomic E-state index is 12.8. The second-order valence-corrected chi connectivity index (χ2v) is 4.77. The SMILES string of the molecule is Fc1cnc(N2CCC[C@H](c3cccnc3)C2)nc1. The molecule has 1 atom stereocenters. The molecule has 3 heterocycles. The van der Waals surface area contributed by atoms with Gasteiger partial charge in [0.1, 0.15) is 0 Å². The third kappa shape index (κ3) is 2.70. The van der Waals surface area contributed by atoms with Gasteiger partial charge in [-0.15, -0.1) is 0 Å². The number of pyridine rings is 1. The van der Waals surface area contributed by atoms with Crippen molar-refractivity contribution in [3.8, 4) is 0 Å². The molecule has 0 aromatic carbocycles. The molecule has 0 amide bonds. The third-order valence-corrected chi connectivity index (χ3v) is 3.47. The summed E-state index contributed by atoms with van der Waals surface area (Å²) in [6.45, 7) is 1.78. The fraction of sp³-hybridized carbons (Fsp3) is 0.357. The Morgan fingerprint density at radius 3 is 2.79 bits per heavy atom. The number of rotatable bonds is 2. The highest BCUT2D eigenvalue weighted by Crippen LogP contribution is 2.27. The van der Waals surface area contributed by atoms with E-state index in [9.17, 15) is 4.39 Å². The van der Waals surface area contributed by atoms with Crippen LogP contribution in [0.25, 0.3) is 0 Å². The summed E-state index contributed by atoms with van der Waals surface area (Å²) in [6, 6.07) is 4.06. The van der Waals surface area contributed by atoms with E-state index in [2.05, 4.69) is 25.9 Å². The van der Waals surface area contributed by atoms with Gasteiger partial charge in [0.25, 0.3) is 0 Å². The summed E-state index contributed by atoms with van der Waals surface area (Å²) in [5.74, 6) is 0.649. The van der Waals surface area contributed by atoms with Gasteiger partial charge in [0.2, 0.25) is 5.95 Å². The Hall–Kier alpha value is -2.04. The summed E-state index contributed by atoms with van der Waals surface area (Å²) in [5, 5.41) is 0. The molecule has 1 saturated heterocycles. The van der Waals surface area contributed by atoms with E-state index in [-0.39, 0.29) is 0 Å². The van der Waals surface area contributed by atoms with Crippen molar-refractivity contribution in [3.63, 3.8) is 0 Å². The summed E-state index contributed by atoms with van der Waals surface area (Å²) in [4.78, 5) is 14.4. The molecule has 0 unspecified atom stereocenters. The van der Waals surface area contributed by atoms with Crippen LogP contribution in [-0.4, -0.2) is 28.0 Å². The van der Waals surface area contributed by atoms with Crippen molar-refractivity contribution in [1.82, 2.24) is 15.0 Å². The Morgan fingerprint density at radius 2 is 2.05 bits per heavy atom. The minimum absolute atomic E-state index is 0.399. The molecule has 3 rings (SSSR count). The van der Waals surface area contributed by atoms with Crippen LogP contribution in [0.5, 0.6) is 0 Å². The zero-order chi connectivity index (χ0) is 13.1. The topological polar surface area (TPSA) is 41.9 Å². The molecule has 2 aromatic rings. The standard InChI is InChI=1S/C14H15FN4/c15-13-8-17-14(18-9-13)19-6-2-4-12(10-19)11-3-1-5-16-7-11/h1,3,5,7-9,12H,2,4,6,10H2/t12-/m0/s1. The minimum Gasteiger partial charge on any atom is -0.340 e. The van der Waals surface area contributed by atoms with Crippen LogP contribution in [-0.2, 0) is 0 Å². The van der Waals surface area contributed by atoms with Crippen LogP contribution in [0.1, 0.15) is 24.3 Å². The Bertz CT molecular complexity index is 529. The number of nitrogens with zero attached hydrogens (tertiary/aromatic N) is 4. The molecule has 0 N–H and O–H groups in total. The fourth-order valence-corrected chi connectivity index (χ4v) is 2.52. The van der Waals surface area contributed by atoms with Crippen LogP contribution in [0, 0.1) is 5.82 Å². The second-order valence-electron chi connectivity index (χ2n) is 4.77. The molecule has 0 aliphatic carbocycles. The van der Waals surface area contributed by atoms with Gasteiger partial charge in [0.15, 0.2) is 5.82 Å². The molecule has 0 saturated carbocycles. The van der Waals surface area contributed by atoms with Gasteiger partial charge >= 0.3 is 0 Å². The highest BCUT2D eigenvalue weighted by Gasteiger charge is 2.23. The van der Waals surface area contributed by atoms with Gasteiger partial charge in [0, 0.05) is 31.4 Å². The average Bonchev–Trinajstić information content (AvgIpc) is 2.49. The van der Waals surface area contributed by atoms with Crippen LogP contribution in [0.3, 0.4) is 0 Å². The molecular formula is C14H15FN4. The van der Waals surface area contributed by atoms with Crippen molar-refractivity contribution in [2.45, 2.75) is 18.8 Å². The number of anilines is 1. The molecule has 4 nitrogen and oxygen atoms in total.